The van der Waals surface area contributed by atoms with E-state index in [2.05, 4.69) is 5.32 Å². The number of amides is 1. The van der Waals surface area contributed by atoms with E-state index in [1.807, 2.05) is 6.92 Å². The highest BCUT2D eigenvalue weighted by molar-refractivity contribution is 7.99. The Morgan fingerprint density at radius 2 is 2.31 bits per heavy atom. The molecule has 3 N–H and O–H groups in total. The quantitative estimate of drug-likeness (QED) is 0.613. The van der Waals surface area contributed by atoms with Gasteiger partial charge in [-0.2, -0.15) is 0 Å². The van der Waals surface area contributed by atoms with Crippen LogP contribution in [0.4, 0.5) is 10.1 Å². The number of carbonyl (C=O) groups excluding carboxylic acids is 1. The zero-order chi connectivity index (χ0) is 12.0. The Hall–Kier alpha value is -1.23. The summed E-state index contributed by atoms with van der Waals surface area (Å²) in [7, 11) is 0. The van der Waals surface area contributed by atoms with Gasteiger partial charge in [0, 0.05) is 29.3 Å². The molecule has 0 radical (unpaired) electrons. The molecular weight excluding hydrogens is 227 g/mol. The van der Waals surface area contributed by atoms with Crippen molar-refractivity contribution in [1.29, 1.82) is 0 Å². The Bertz CT molecular complexity index is 371. The lowest BCUT2D eigenvalue weighted by Gasteiger charge is -2.05. The third-order valence-electron chi connectivity index (χ3n) is 1.93. The Kier molecular flexibility index (Phi) is 5.11. The third kappa shape index (κ3) is 4.10. The largest absolute Gasteiger partial charge is 0.398 e. The summed E-state index contributed by atoms with van der Waals surface area (Å²) in [5.74, 6) is 0.322. The Morgan fingerprint density at radius 3 is 2.94 bits per heavy atom. The van der Waals surface area contributed by atoms with Crippen LogP contribution in [-0.4, -0.2) is 18.2 Å². The molecule has 0 atom stereocenters. The molecule has 0 saturated heterocycles. The van der Waals surface area contributed by atoms with Gasteiger partial charge in [-0.05, 0) is 25.1 Å². The fraction of sp³-hybridized carbons (Fsp3) is 0.364. The number of nitrogens with two attached hydrogens (primary N) is 1. The maximum Gasteiger partial charge on any atom is 0.220 e. The van der Waals surface area contributed by atoms with Crippen molar-refractivity contribution in [3.8, 4) is 0 Å². The number of benzene rings is 1. The van der Waals surface area contributed by atoms with E-state index in [9.17, 15) is 9.18 Å². The summed E-state index contributed by atoms with van der Waals surface area (Å²) in [5, 5.41) is 2.71. The van der Waals surface area contributed by atoms with E-state index in [0.29, 0.717) is 24.4 Å². The highest BCUT2D eigenvalue weighted by Gasteiger charge is 2.03. The van der Waals surface area contributed by atoms with Gasteiger partial charge in [0.15, 0.2) is 0 Å². The summed E-state index contributed by atoms with van der Waals surface area (Å²) >= 11 is 1.46. The molecule has 16 heavy (non-hydrogen) atoms. The molecule has 5 heteroatoms. The van der Waals surface area contributed by atoms with Crippen LogP contribution in [0.1, 0.15) is 13.3 Å². The topological polar surface area (TPSA) is 55.1 Å². The highest BCUT2D eigenvalue weighted by atomic mass is 32.2. The molecule has 0 aliphatic heterocycles. The molecule has 0 aliphatic carbocycles. The van der Waals surface area contributed by atoms with Crippen LogP contribution < -0.4 is 11.1 Å². The molecular formula is C11H15FN2OS. The average Bonchev–Trinajstić information content (AvgIpc) is 2.22. The van der Waals surface area contributed by atoms with Crippen LogP contribution in [0.15, 0.2) is 23.1 Å². The Morgan fingerprint density at radius 1 is 1.56 bits per heavy atom. The first-order valence-electron chi connectivity index (χ1n) is 5.08. The number of rotatable bonds is 5. The fourth-order valence-electron chi connectivity index (χ4n) is 1.19. The summed E-state index contributed by atoms with van der Waals surface area (Å²) in [5.41, 5.74) is 6.05. The van der Waals surface area contributed by atoms with E-state index >= 15 is 0 Å². The number of thioether (sulfide) groups is 1. The summed E-state index contributed by atoms with van der Waals surface area (Å²) < 4.78 is 12.7. The van der Waals surface area contributed by atoms with Gasteiger partial charge in [-0.1, -0.05) is 0 Å². The van der Waals surface area contributed by atoms with Gasteiger partial charge in [0.1, 0.15) is 5.82 Å². The van der Waals surface area contributed by atoms with Crippen LogP contribution in [-0.2, 0) is 4.79 Å². The van der Waals surface area contributed by atoms with Gasteiger partial charge in [-0.25, -0.2) is 4.39 Å². The molecule has 1 aromatic carbocycles. The van der Waals surface area contributed by atoms with Gasteiger partial charge in [0.25, 0.3) is 0 Å². The number of nitrogens with one attached hydrogen (secondary N) is 1. The molecule has 0 saturated carbocycles. The molecule has 0 bridgehead atoms. The second kappa shape index (κ2) is 6.37. The summed E-state index contributed by atoms with van der Waals surface area (Å²) in [6, 6.07) is 4.28. The molecule has 3 nitrogen and oxygen atoms in total. The van der Waals surface area contributed by atoms with E-state index in [-0.39, 0.29) is 11.7 Å². The standard InChI is InChI=1S/C11H15FN2OS/c1-2-14-11(15)5-6-16-10-4-3-8(12)7-9(10)13/h3-4,7H,2,5-6,13H2,1H3,(H,14,15). The predicted molar refractivity (Wildman–Crippen MR) is 64.8 cm³/mol. The summed E-state index contributed by atoms with van der Waals surface area (Å²) in [6.07, 6.45) is 0.440. The van der Waals surface area contributed by atoms with Crippen molar-refractivity contribution >= 4 is 23.4 Å². The minimum absolute atomic E-state index is 0.0238. The second-order valence-electron chi connectivity index (χ2n) is 3.23. The second-order valence-corrected chi connectivity index (χ2v) is 4.37. The van der Waals surface area contributed by atoms with E-state index in [0.717, 1.165) is 4.90 Å². The molecule has 0 heterocycles. The average molecular weight is 242 g/mol. The minimum atomic E-state index is -0.342. The smallest absolute Gasteiger partial charge is 0.220 e. The van der Waals surface area contributed by atoms with E-state index in [4.69, 9.17) is 5.73 Å². The van der Waals surface area contributed by atoms with Crippen LogP contribution in [0.3, 0.4) is 0 Å². The molecule has 0 fully saturated rings. The van der Waals surface area contributed by atoms with Crippen molar-refractivity contribution in [2.45, 2.75) is 18.2 Å². The van der Waals surface area contributed by atoms with Crippen molar-refractivity contribution in [1.82, 2.24) is 5.32 Å². The van der Waals surface area contributed by atoms with E-state index in [1.165, 1.54) is 23.9 Å². The van der Waals surface area contributed by atoms with E-state index < -0.39 is 0 Å². The molecule has 0 aliphatic rings. The molecule has 0 spiro atoms. The molecule has 1 rings (SSSR count). The number of hydrogen-bond acceptors (Lipinski definition) is 3. The lowest BCUT2D eigenvalue weighted by Crippen LogP contribution is -2.22. The van der Waals surface area contributed by atoms with Crippen molar-refractivity contribution in [2.75, 3.05) is 18.0 Å². The molecule has 88 valence electrons. The van der Waals surface area contributed by atoms with Gasteiger partial charge in [-0.3, -0.25) is 4.79 Å². The fourth-order valence-corrected chi connectivity index (χ4v) is 2.09. The predicted octanol–water partition coefficient (Wildman–Crippen LogP) is 2.03. The molecule has 1 amide bonds. The van der Waals surface area contributed by atoms with Crippen LogP contribution in [0, 0.1) is 5.82 Å². The van der Waals surface area contributed by atoms with Crippen molar-refractivity contribution in [2.24, 2.45) is 0 Å². The zero-order valence-electron chi connectivity index (χ0n) is 9.13. The number of anilines is 1. The van der Waals surface area contributed by atoms with Gasteiger partial charge < -0.3 is 11.1 Å². The van der Waals surface area contributed by atoms with Crippen molar-refractivity contribution in [3.05, 3.63) is 24.0 Å². The third-order valence-corrected chi connectivity index (χ3v) is 3.02. The van der Waals surface area contributed by atoms with Crippen molar-refractivity contribution < 1.29 is 9.18 Å². The van der Waals surface area contributed by atoms with Gasteiger partial charge in [-0.15, -0.1) is 11.8 Å². The molecule has 0 unspecified atom stereocenters. The Balaban J connectivity index is 2.40. The van der Waals surface area contributed by atoms with Crippen LogP contribution in [0.25, 0.3) is 0 Å². The first-order chi connectivity index (χ1) is 7.63. The van der Waals surface area contributed by atoms with Crippen LogP contribution in [0.5, 0.6) is 0 Å². The normalized spacial score (nSPS) is 10.1. The Labute approximate surface area is 98.6 Å². The van der Waals surface area contributed by atoms with Gasteiger partial charge in [0.05, 0.1) is 0 Å². The lowest BCUT2D eigenvalue weighted by atomic mass is 10.3. The zero-order valence-corrected chi connectivity index (χ0v) is 9.94. The first-order valence-corrected chi connectivity index (χ1v) is 6.06. The first kappa shape index (κ1) is 12.8. The van der Waals surface area contributed by atoms with Gasteiger partial charge >= 0.3 is 0 Å². The maximum atomic E-state index is 12.7. The van der Waals surface area contributed by atoms with Crippen molar-refractivity contribution in [3.63, 3.8) is 0 Å². The summed E-state index contributed by atoms with van der Waals surface area (Å²) in [4.78, 5) is 12.0. The van der Waals surface area contributed by atoms with Gasteiger partial charge in [0.2, 0.25) is 5.91 Å². The van der Waals surface area contributed by atoms with Crippen LogP contribution in [0.2, 0.25) is 0 Å². The SMILES string of the molecule is CCNC(=O)CCSc1ccc(F)cc1N. The highest BCUT2D eigenvalue weighted by Crippen LogP contribution is 2.25. The number of halogens is 1. The molecule has 0 aromatic heterocycles. The molecule has 1 aromatic rings. The lowest BCUT2D eigenvalue weighted by molar-refractivity contribution is -0.120. The maximum absolute atomic E-state index is 12.7. The number of carbonyl (C=O) groups is 1. The number of hydrogen-bond donors (Lipinski definition) is 2. The van der Waals surface area contributed by atoms with Crippen LogP contribution >= 0.6 is 11.8 Å². The summed E-state index contributed by atoms with van der Waals surface area (Å²) in [6.45, 7) is 2.52. The monoisotopic (exact) mass is 242 g/mol. The minimum Gasteiger partial charge on any atom is -0.398 e. The number of nitrogen functional groups attached to an aromatic ring is 1. The van der Waals surface area contributed by atoms with E-state index in [1.54, 1.807) is 6.07 Å².